The summed E-state index contributed by atoms with van der Waals surface area (Å²) in [5.41, 5.74) is 2.30. The Morgan fingerprint density at radius 2 is 1.93 bits per heavy atom. The molecule has 1 fully saturated rings. The van der Waals surface area contributed by atoms with Gasteiger partial charge in [-0.1, -0.05) is 0 Å². The average Bonchev–Trinajstić information content (AvgIpc) is 2.86. The van der Waals surface area contributed by atoms with Crippen molar-refractivity contribution in [1.82, 2.24) is 15.3 Å². The minimum Gasteiger partial charge on any atom is -0.356 e. The second-order valence-electron chi connectivity index (χ2n) is 4.04. The number of anilines is 1. The first-order chi connectivity index (χ1) is 7.34. The van der Waals surface area contributed by atoms with Crippen molar-refractivity contribution in [3.8, 4) is 0 Å². The lowest BCUT2D eigenvalue weighted by atomic mass is 10.2. The summed E-state index contributed by atoms with van der Waals surface area (Å²) in [6.45, 7) is 3.89. The summed E-state index contributed by atoms with van der Waals surface area (Å²) in [7, 11) is 0. The Kier molecular flexibility index (Phi) is 2.25. The maximum absolute atomic E-state index is 5.93. The van der Waals surface area contributed by atoms with Gasteiger partial charge in [-0.25, -0.2) is 9.97 Å². The largest absolute Gasteiger partial charge is 0.356 e. The molecular weight excluding hydrogens is 212 g/mol. The van der Waals surface area contributed by atoms with E-state index in [1.165, 1.54) is 18.4 Å². The summed E-state index contributed by atoms with van der Waals surface area (Å²) in [4.78, 5) is 10.9. The Morgan fingerprint density at radius 3 is 2.73 bits per heavy atom. The summed E-state index contributed by atoms with van der Waals surface area (Å²) in [5, 5.41) is 3.67. The third-order valence-corrected chi connectivity index (χ3v) is 3.21. The van der Waals surface area contributed by atoms with E-state index in [1.807, 2.05) is 0 Å². The highest BCUT2D eigenvalue weighted by Gasteiger charge is 2.23. The molecule has 1 saturated heterocycles. The van der Waals surface area contributed by atoms with Crippen LogP contribution in [0.5, 0.6) is 0 Å². The second kappa shape index (κ2) is 3.61. The van der Waals surface area contributed by atoms with Crippen molar-refractivity contribution in [3.05, 3.63) is 16.5 Å². The Hall–Kier alpha value is -0.870. The quantitative estimate of drug-likeness (QED) is 0.731. The van der Waals surface area contributed by atoms with Crippen molar-refractivity contribution in [3.63, 3.8) is 0 Å². The monoisotopic (exact) mass is 224 g/mol. The van der Waals surface area contributed by atoms with Crippen molar-refractivity contribution in [2.45, 2.75) is 25.9 Å². The van der Waals surface area contributed by atoms with Gasteiger partial charge < -0.3 is 10.2 Å². The smallest absolute Gasteiger partial charge is 0.224 e. The molecule has 1 N–H and O–H groups in total. The van der Waals surface area contributed by atoms with Crippen LogP contribution in [0.15, 0.2) is 0 Å². The average molecular weight is 225 g/mol. The van der Waals surface area contributed by atoms with Crippen molar-refractivity contribution < 1.29 is 0 Å². The molecule has 3 heterocycles. The number of fused-ring (bicyclic) bond motifs is 1. The lowest BCUT2D eigenvalue weighted by Crippen LogP contribution is -2.21. The van der Waals surface area contributed by atoms with Crippen LogP contribution in [0.25, 0.3) is 0 Å². The van der Waals surface area contributed by atoms with Crippen LogP contribution in [0.2, 0.25) is 5.28 Å². The lowest BCUT2D eigenvalue weighted by molar-refractivity contribution is 0.756. The number of nitrogens with one attached hydrogen (secondary N) is 1. The van der Waals surface area contributed by atoms with Gasteiger partial charge >= 0.3 is 0 Å². The zero-order valence-corrected chi connectivity index (χ0v) is 9.22. The molecule has 0 amide bonds. The van der Waals surface area contributed by atoms with Crippen LogP contribution in [0.4, 0.5) is 5.82 Å². The SMILES string of the molecule is Clc1nc2c(c(N3CCCC3)n1)CNC2. The summed E-state index contributed by atoms with van der Waals surface area (Å²) >= 11 is 5.93. The van der Waals surface area contributed by atoms with Gasteiger partial charge in [-0.3, -0.25) is 0 Å². The van der Waals surface area contributed by atoms with Gasteiger partial charge in [-0.05, 0) is 24.4 Å². The van der Waals surface area contributed by atoms with Crippen LogP contribution in [0.1, 0.15) is 24.1 Å². The molecule has 0 atom stereocenters. The molecule has 5 heteroatoms. The van der Waals surface area contributed by atoms with Crippen LogP contribution in [0.3, 0.4) is 0 Å². The molecule has 15 heavy (non-hydrogen) atoms. The van der Waals surface area contributed by atoms with E-state index in [0.29, 0.717) is 5.28 Å². The first-order valence-corrected chi connectivity index (χ1v) is 5.73. The van der Waals surface area contributed by atoms with E-state index in [1.54, 1.807) is 0 Å². The van der Waals surface area contributed by atoms with Crippen molar-refractivity contribution in [2.24, 2.45) is 0 Å². The van der Waals surface area contributed by atoms with Gasteiger partial charge in [0, 0.05) is 31.7 Å². The van der Waals surface area contributed by atoms with Crippen LogP contribution in [-0.4, -0.2) is 23.1 Å². The van der Waals surface area contributed by atoms with E-state index in [-0.39, 0.29) is 0 Å². The Labute approximate surface area is 93.7 Å². The first kappa shape index (κ1) is 9.36. The Balaban J connectivity index is 2.05. The molecule has 0 saturated carbocycles. The minimum atomic E-state index is 0.374. The topological polar surface area (TPSA) is 41.1 Å². The predicted octanol–water partition coefficient (Wildman–Crippen LogP) is 1.33. The summed E-state index contributed by atoms with van der Waals surface area (Å²) < 4.78 is 0. The molecular formula is C10H13ClN4. The molecule has 1 aromatic rings. The summed E-state index contributed by atoms with van der Waals surface area (Å²) in [6, 6.07) is 0. The molecule has 2 aliphatic rings. The maximum atomic E-state index is 5.93. The Morgan fingerprint density at radius 1 is 1.13 bits per heavy atom. The maximum Gasteiger partial charge on any atom is 0.224 e. The number of halogens is 1. The van der Waals surface area contributed by atoms with E-state index < -0.39 is 0 Å². The number of hydrogen-bond donors (Lipinski definition) is 1. The van der Waals surface area contributed by atoms with Crippen LogP contribution in [-0.2, 0) is 13.1 Å². The number of aromatic nitrogens is 2. The second-order valence-corrected chi connectivity index (χ2v) is 4.38. The van der Waals surface area contributed by atoms with E-state index in [4.69, 9.17) is 11.6 Å². The molecule has 1 aromatic heterocycles. The van der Waals surface area contributed by atoms with Crippen LogP contribution < -0.4 is 10.2 Å². The summed E-state index contributed by atoms with van der Waals surface area (Å²) in [5.74, 6) is 1.05. The molecule has 4 nitrogen and oxygen atoms in total. The fraction of sp³-hybridized carbons (Fsp3) is 0.600. The zero-order chi connectivity index (χ0) is 10.3. The number of hydrogen-bond acceptors (Lipinski definition) is 4. The van der Waals surface area contributed by atoms with Gasteiger partial charge in [0.1, 0.15) is 5.82 Å². The van der Waals surface area contributed by atoms with Gasteiger partial charge in [0.15, 0.2) is 0 Å². The zero-order valence-electron chi connectivity index (χ0n) is 8.46. The van der Waals surface area contributed by atoms with Gasteiger partial charge in [-0.15, -0.1) is 0 Å². The molecule has 0 aromatic carbocycles. The Bertz CT molecular complexity index is 387. The van der Waals surface area contributed by atoms with E-state index in [0.717, 1.165) is 37.7 Å². The highest BCUT2D eigenvalue weighted by atomic mass is 35.5. The standard InChI is InChI=1S/C10H13ClN4/c11-10-13-8-6-12-5-7(8)9(14-10)15-3-1-2-4-15/h12H,1-6H2. The normalized spacial score (nSPS) is 19.7. The van der Waals surface area contributed by atoms with E-state index >= 15 is 0 Å². The number of nitrogens with zero attached hydrogens (tertiary/aromatic N) is 3. The van der Waals surface area contributed by atoms with Crippen LogP contribution in [0, 0.1) is 0 Å². The van der Waals surface area contributed by atoms with E-state index in [9.17, 15) is 0 Å². The first-order valence-electron chi connectivity index (χ1n) is 5.35. The van der Waals surface area contributed by atoms with Crippen LogP contribution >= 0.6 is 11.6 Å². The molecule has 0 unspecified atom stereocenters. The highest BCUT2D eigenvalue weighted by Crippen LogP contribution is 2.28. The molecule has 0 aliphatic carbocycles. The number of rotatable bonds is 1. The van der Waals surface area contributed by atoms with Crippen molar-refractivity contribution >= 4 is 17.4 Å². The van der Waals surface area contributed by atoms with Gasteiger partial charge in [0.05, 0.1) is 5.69 Å². The van der Waals surface area contributed by atoms with Crippen molar-refractivity contribution in [1.29, 1.82) is 0 Å². The molecule has 2 aliphatic heterocycles. The molecule has 0 radical (unpaired) electrons. The van der Waals surface area contributed by atoms with Gasteiger partial charge in [0.2, 0.25) is 5.28 Å². The summed E-state index contributed by atoms with van der Waals surface area (Å²) in [6.07, 6.45) is 2.51. The molecule has 0 bridgehead atoms. The molecule has 0 spiro atoms. The predicted molar refractivity (Wildman–Crippen MR) is 59.0 cm³/mol. The highest BCUT2D eigenvalue weighted by molar-refractivity contribution is 6.28. The fourth-order valence-electron chi connectivity index (χ4n) is 2.31. The fourth-order valence-corrected chi connectivity index (χ4v) is 2.49. The third-order valence-electron chi connectivity index (χ3n) is 3.04. The minimum absolute atomic E-state index is 0.374. The molecule has 3 rings (SSSR count). The van der Waals surface area contributed by atoms with Gasteiger partial charge in [-0.2, -0.15) is 0 Å². The third kappa shape index (κ3) is 1.58. The van der Waals surface area contributed by atoms with Gasteiger partial charge in [0.25, 0.3) is 0 Å². The van der Waals surface area contributed by atoms with Crippen molar-refractivity contribution in [2.75, 3.05) is 18.0 Å². The van der Waals surface area contributed by atoms with E-state index in [2.05, 4.69) is 20.2 Å². The lowest BCUT2D eigenvalue weighted by Gasteiger charge is -2.19. The molecule has 80 valence electrons.